The molecule has 2 aromatic rings. The molecule has 0 aliphatic carbocycles. The van der Waals surface area contributed by atoms with Gasteiger partial charge in [0.2, 0.25) is 0 Å². The van der Waals surface area contributed by atoms with Crippen LogP contribution in [0.5, 0.6) is 0 Å². The summed E-state index contributed by atoms with van der Waals surface area (Å²) in [6, 6.07) is 6.60. The molecular weight excluding hydrogens is 273 g/mol. The van der Waals surface area contributed by atoms with E-state index < -0.39 is 17.9 Å². The van der Waals surface area contributed by atoms with Gasteiger partial charge in [0.05, 0.1) is 0 Å². The Morgan fingerprint density at radius 2 is 1.95 bits per heavy atom. The lowest BCUT2D eigenvalue weighted by molar-refractivity contribution is -0.141. The fourth-order valence-electron chi connectivity index (χ4n) is 1.89. The van der Waals surface area contributed by atoms with Crippen LogP contribution in [-0.2, 0) is 16.7 Å². The first-order chi connectivity index (χ1) is 9.30. The van der Waals surface area contributed by atoms with Crippen molar-refractivity contribution in [2.45, 2.75) is 13.1 Å². The van der Waals surface area contributed by atoms with Gasteiger partial charge in [0.1, 0.15) is 0 Å². The largest absolute Gasteiger partial charge is 0.437 e. The molecule has 0 amide bonds. The highest BCUT2D eigenvalue weighted by Gasteiger charge is 2.39. The predicted molar refractivity (Wildman–Crippen MR) is 67.3 cm³/mol. The van der Waals surface area contributed by atoms with Gasteiger partial charge in [0.25, 0.3) is 0 Å². The average molecular weight is 284 g/mol. The second-order valence-electron chi connectivity index (χ2n) is 4.19. The van der Waals surface area contributed by atoms with Gasteiger partial charge < -0.3 is 9.40 Å². The number of aryl methyl sites for hydroxylation is 1. The second kappa shape index (κ2) is 4.99. The summed E-state index contributed by atoms with van der Waals surface area (Å²) < 4.78 is 40.7. The van der Waals surface area contributed by atoms with Crippen LogP contribution in [0.1, 0.15) is 12.5 Å². The molecule has 0 fully saturated rings. The van der Waals surface area contributed by atoms with Crippen molar-refractivity contribution in [3.8, 4) is 0 Å². The SMILES string of the molecule is CC(=O)O/N=C(\c1cn(C)c2ccccc12)C(F)(F)F. The Balaban J connectivity index is 2.63. The Kier molecular flexibility index (Phi) is 3.52. The van der Waals surface area contributed by atoms with Gasteiger partial charge in [-0.2, -0.15) is 13.2 Å². The molecule has 7 heteroatoms. The molecule has 0 radical (unpaired) electrons. The lowest BCUT2D eigenvalue weighted by Crippen LogP contribution is -2.24. The normalized spacial score (nSPS) is 12.8. The highest BCUT2D eigenvalue weighted by Crippen LogP contribution is 2.29. The summed E-state index contributed by atoms with van der Waals surface area (Å²) >= 11 is 0. The van der Waals surface area contributed by atoms with Crippen LogP contribution in [0, 0.1) is 0 Å². The zero-order valence-corrected chi connectivity index (χ0v) is 10.7. The first kappa shape index (κ1) is 14.1. The number of hydrogen-bond donors (Lipinski definition) is 0. The molecular formula is C13H11F3N2O2. The van der Waals surface area contributed by atoms with Crippen molar-refractivity contribution in [2.75, 3.05) is 0 Å². The Hall–Kier alpha value is -2.31. The summed E-state index contributed by atoms with van der Waals surface area (Å²) in [5.41, 5.74) is -0.733. The van der Waals surface area contributed by atoms with Crippen molar-refractivity contribution < 1.29 is 22.8 Å². The Morgan fingerprint density at radius 3 is 2.55 bits per heavy atom. The minimum Gasteiger partial charge on any atom is -0.350 e. The number of hydrogen-bond acceptors (Lipinski definition) is 3. The fourth-order valence-corrected chi connectivity index (χ4v) is 1.89. The number of carbonyl (C=O) groups is 1. The Labute approximate surface area is 112 Å². The minimum atomic E-state index is -4.72. The summed E-state index contributed by atoms with van der Waals surface area (Å²) in [4.78, 5) is 14.8. The monoisotopic (exact) mass is 284 g/mol. The summed E-state index contributed by atoms with van der Waals surface area (Å²) in [7, 11) is 1.63. The number of alkyl halides is 3. The number of rotatable bonds is 2. The number of oxime groups is 1. The van der Waals surface area contributed by atoms with Gasteiger partial charge in [-0.15, -0.1) is 0 Å². The van der Waals surface area contributed by atoms with E-state index in [-0.39, 0.29) is 5.56 Å². The van der Waals surface area contributed by atoms with Gasteiger partial charge >= 0.3 is 12.1 Å². The van der Waals surface area contributed by atoms with E-state index >= 15 is 0 Å². The van der Waals surface area contributed by atoms with Crippen molar-refractivity contribution in [1.82, 2.24) is 4.57 Å². The maximum Gasteiger partial charge on any atom is 0.437 e. The van der Waals surface area contributed by atoms with Gasteiger partial charge in [-0.3, -0.25) is 0 Å². The molecule has 0 bridgehead atoms. The molecule has 0 unspecified atom stereocenters. The molecule has 0 saturated carbocycles. The molecule has 0 saturated heterocycles. The quantitative estimate of drug-likeness (QED) is 0.483. The molecule has 4 nitrogen and oxygen atoms in total. The van der Waals surface area contributed by atoms with Gasteiger partial charge in [-0.05, 0) is 6.07 Å². The molecule has 2 rings (SSSR count). The maximum absolute atomic E-state index is 13.1. The third-order valence-corrected chi connectivity index (χ3v) is 2.69. The summed E-state index contributed by atoms with van der Waals surface area (Å²) in [6.45, 7) is 0.987. The molecule has 0 N–H and O–H groups in total. The third kappa shape index (κ3) is 2.66. The number of carbonyl (C=O) groups excluding carboxylic acids is 1. The lowest BCUT2D eigenvalue weighted by atomic mass is 10.1. The fraction of sp³-hybridized carbons (Fsp3) is 0.231. The number of benzene rings is 1. The summed E-state index contributed by atoms with van der Waals surface area (Å²) in [6.07, 6.45) is -3.42. The van der Waals surface area contributed by atoms with Crippen molar-refractivity contribution in [3.63, 3.8) is 0 Å². The van der Waals surface area contributed by atoms with Gasteiger partial charge in [0, 0.05) is 36.6 Å². The first-order valence-electron chi connectivity index (χ1n) is 5.68. The number of fused-ring (bicyclic) bond motifs is 1. The van der Waals surface area contributed by atoms with Crippen LogP contribution in [0.15, 0.2) is 35.6 Å². The van der Waals surface area contributed by atoms with E-state index in [1.165, 1.54) is 6.20 Å². The smallest absolute Gasteiger partial charge is 0.350 e. The first-order valence-corrected chi connectivity index (χ1v) is 5.68. The molecule has 20 heavy (non-hydrogen) atoms. The molecule has 1 heterocycles. The van der Waals surface area contributed by atoms with E-state index in [0.717, 1.165) is 6.92 Å². The van der Waals surface area contributed by atoms with Crippen LogP contribution in [-0.4, -0.2) is 22.4 Å². The Morgan fingerprint density at radius 1 is 1.30 bits per heavy atom. The van der Waals surface area contributed by atoms with Crippen LogP contribution in [0.2, 0.25) is 0 Å². The second-order valence-corrected chi connectivity index (χ2v) is 4.19. The maximum atomic E-state index is 13.1. The third-order valence-electron chi connectivity index (χ3n) is 2.69. The van der Waals surface area contributed by atoms with Gasteiger partial charge in [0.15, 0.2) is 5.71 Å². The molecule has 1 aromatic heterocycles. The molecule has 0 aliphatic heterocycles. The molecule has 1 aromatic carbocycles. The number of halogens is 3. The van der Waals surface area contributed by atoms with Gasteiger partial charge in [-0.1, -0.05) is 23.4 Å². The lowest BCUT2D eigenvalue weighted by Gasteiger charge is -2.08. The van der Waals surface area contributed by atoms with Crippen LogP contribution >= 0.6 is 0 Å². The summed E-state index contributed by atoms with van der Waals surface area (Å²) in [5.74, 6) is -0.910. The topological polar surface area (TPSA) is 43.6 Å². The van der Waals surface area contributed by atoms with Crippen LogP contribution in [0.25, 0.3) is 10.9 Å². The van der Waals surface area contributed by atoms with Crippen molar-refractivity contribution in [1.29, 1.82) is 0 Å². The number of nitrogens with zero attached hydrogens (tertiary/aromatic N) is 2. The predicted octanol–water partition coefficient (Wildman–Crippen LogP) is 3.01. The van der Waals surface area contributed by atoms with Crippen molar-refractivity contribution >= 4 is 22.6 Å². The molecule has 106 valence electrons. The zero-order valence-electron chi connectivity index (χ0n) is 10.7. The number of para-hydroxylation sites is 1. The highest BCUT2D eigenvalue weighted by molar-refractivity contribution is 6.13. The number of aromatic nitrogens is 1. The van der Waals surface area contributed by atoms with E-state index in [9.17, 15) is 18.0 Å². The standard InChI is InChI=1S/C13H11F3N2O2/c1-8(19)20-17-12(13(14,15)16)10-7-18(2)11-6-4-3-5-9(10)11/h3-7H,1-2H3/b17-12+. The average Bonchev–Trinajstić information content (AvgIpc) is 2.66. The van der Waals surface area contributed by atoms with Crippen LogP contribution in [0.3, 0.4) is 0 Å². The molecule has 0 aliphatic rings. The van der Waals surface area contributed by atoms with E-state index in [4.69, 9.17) is 0 Å². The van der Waals surface area contributed by atoms with E-state index in [2.05, 4.69) is 9.99 Å². The zero-order chi connectivity index (χ0) is 14.9. The van der Waals surface area contributed by atoms with Crippen LogP contribution < -0.4 is 0 Å². The van der Waals surface area contributed by atoms with Crippen LogP contribution in [0.4, 0.5) is 13.2 Å². The van der Waals surface area contributed by atoms with Crippen molar-refractivity contribution in [3.05, 3.63) is 36.0 Å². The van der Waals surface area contributed by atoms with E-state index in [0.29, 0.717) is 10.9 Å². The molecule has 0 spiro atoms. The Bertz CT molecular complexity index is 686. The van der Waals surface area contributed by atoms with E-state index in [1.807, 2.05) is 0 Å². The van der Waals surface area contributed by atoms with Crippen molar-refractivity contribution in [2.24, 2.45) is 12.2 Å². The van der Waals surface area contributed by atoms with Gasteiger partial charge in [-0.25, -0.2) is 4.79 Å². The molecule has 0 atom stereocenters. The summed E-state index contributed by atoms with van der Waals surface area (Å²) in [5, 5.41) is 3.34. The van der Waals surface area contributed by atoms with E-state index in [1.54, 1.807) is 35.9 Å². The highest BCUT2D eigenvalue weighted by atomic mass is 19.4. The minimum absolute atomic E-state index is 0.128.